The Hall–Kier alpha value is -2.36. The van der Waals surface area contributed by atoms with E-state index < -0.39 is 23.9 Å². The second-order valence-electron chi connectivity index (χ2n) is 10.3. The fourth-order valence-corrected chi connectivity index (χ4v) is 4.39. The number of guanidine groups is 1. The SMILES string of the molecule is CCCCCCCCCCCCCCCC(=O)N[C@@H](CCCCN)C(=O)N[C@H](CCCN=C(N)N)C(N)=O. The van der Waals surface area contributed by atoms with Gasteiger partial charge in [0.05, 0.1) is 0 Å². The molecule has 0 aliphatic rings. The van der Waals surface area contributed by atoms with Crippen LogP contribution in [0.4, 0.5) is 0 Å². The number of carbonyl (C=O) groups is 3. The Bertz CT molecular complexity index is 654. The van der Waals surface area contributed by atoms with Crippen molar-refractivity contribution in [2.45, 2.75) is 141 Å². The molecule has 0 aliphatic heterocycles. The van der Waals surface area contributed by atoms with Crippen LogP contribution in [-0.2, 0) is 14.4 Å². The molecule has 0 saturated heterocycles. The second kappa shape index (κ2) is 24.9. The molecular formula is C28H57N7O3. The monoisotopic (exact) mass is 539 g/mol. The van der Waals surface area contributed by atoms with Gasteiger partial charge in [0.1, 0.15) is 12.1 Å². The van der Waals surface area contributed by atoms with E-state index in [1.54, 1.807) is 0 Å². The first-order valence-electron chi connectivity index (χ1n) is 15.0. The number of aliphatic imine (C=N–C) groups is 1. The van der Waals surface area contributed by atoms with Gasteiger partial charge in [0.15, 0.2) is 5.96 Å². The Morgan fingerprint density at radius 3 is 1.68 bits per heavy atom. The average molecular weight is 540 g/mol. The molecule has 0 unspecified atom stereocenters. The molecule has 0 fully saturated rings. The van der Waals surface area contributed by atoms with Crippen molar-refractivity contribution in [2.75, 3.05) is 13.1 Å². The van der Waals surface area contributed by atoms with Crippen molar-refractivity contribution >= 4 is 23.7 Å². The van der Waals surface area contributed by atoms with Gasteiger partial charge in [-0.15, -0.1) is 0 Å². The van der Waals surface area contributed by atoms with E-state index in [-0.39, 0.29) is 11.9 Å². The van der Waals surface area contributed by atoms with E-state index in [1.165, 1.54) is 64.2 Å². The molecule has 0 spiro atoms. The van der Waals surface area contributed by atoms with Crippen molar-refractivity contribution in [3.63, 3.8) is 0 Å². The molecule has 10 N–H and O–H groups in total. The minimum atomic E-state index is -0.855. The maximum atomic E-state index is 12.9. The number of primary amides is 1. The van der Waals surface area contributed by atoms with Gasteiger partial charge in [0, 0.05) is 13.0 Å². The fraction of sp³-hybridized carbons (Fsp3) is 0.857. The standard InChI is InChI=1S/C28H57N7O3/c1-2-3-4-5-6-7-8-9-10-11-12-13-14-20-25(36)34-24(18-15-16-21-29)27(38)35-23(26(30)37)19-17-22-33-28(31)32/h23-24H,2-22,29H2,1H3,(H2,30,37)(H,34,36)(H,35,38)(H4,31,32,33)/t23-,24+/m1/s1. The number of carbonyl (C=O) groups excluding carboxylic acids is 3. The highest BCUT2D eigenvalue weighted by Gasteiger charge is 2.25. The molecule has 0 heterocycles. The van der Waals surface area contributed by atoms with Crippen LogP contribution in [0.2, 0.25) is 0 Å². The third kappa shape index (κ3) is 21.7. The molecule has 0 bridgehead atoms. The highest BCUT2D eigenvalue weighted by Crippen LogP contribution is 2.13. The van der Waals surface area contributed by atoms with Crippen molar-refractivity contribution in [1.82, 2.24) is 10.6 Å². The maximum Gasteiger partial charge on any atom is 0.243 e. The van der Waals surface area contributed by atoms with Crippen molar-refractivity contribution < 1.29 is 14.4 Å². The normalized spacial score (nSPS) is 12.5. The summed E-state index contributed by atoms with van der Waals surface area (Å²) >= 11 is 0. The van der Waals surface area contributed by atoms with E-state index in [0.717, 1.165) is 25.7 Å². The highest BCUT2D eigenvalue weighted by molar-refractivity contribution is 5.91. The average Bonchev–Trinajstić information content (AvgIpc) is 2.87. The third-order valence-electron chi connectivity index (χ3n) is 6.71. The van der Waals surface area contributed by atoms with E-state index >= 15 is 0 Å². The van der Waals surface area contributed by atoms with E-state index in [9.17, 15) is 14.4 Å². The minimum absolute atomic E-state index is 0.0316. The summed E-state index contributed by atoms with van der Waals surface area (Å²) in [5, 5.41) is 5.53. The second-order valence-corrected chi connectivity index (χ2v) is 10.3. The minimum Gasteiger partial charge on any atom is -0.370 e. The van der Waals surface area contributed by atoms with E-state index in [0.29, 0.717) is 45.2 Å². The van der Waals surface area contributed by atoms with Gasteiger partial charge >= 0.3 is 0 Å². The molecule has 10 heteroatoms. The zero-order valence-corrected chi connectivity index (χ0v) is 24.0. The summed E-state index contributed by atoms with van der Waals surface area (Å²) in [5.74, 6) is -1.23. The topological polar surface area (TPSA) is 192 Å². The Morgan fingerprint density at radius 1 is 0.658 bits per heavy atom. The lowest BCUT2D eigenvalue weighted by Crippen LogP contribution is -2.53. The number of unbranched alkanes of at least 4 members (excludes halogenated alkanes) is 13. The Morgan fingerprint density at radius 2 is 1.18 bits per heavy atom. The van der Waals surface area contributed by atoms with Crippen molar-refractivity contribution in [1.29, 1.82) is 0 Å². The first kappa shape index (κ1) is 35.6. The van der Waals surface area contributed by atoms with Crippen LogP contribution in [0, 0.1) is 0 Å². The first-order chi connectivity index (χ1) is 18.3. The number of hydrogen-bond donors (Lipinski definition) is 6. The van der Waals surface area contributed by atoms with Crippen molar-refractivity contribution in [2.24, 2.45) is 27.9 Å². The van der Waals surface area contributed by atoms with Gasteiger partial charge < -0.3 is 33.6 Å². The smallest absolute Gasteiger partial charge is 0.243 e. The van der Waals surface area contributed by atoms with Crippen LogP contribution < -0.4 is 33.6 Å². The van der Waals surface area contributed by atoms with Gasteiger partial charge in [-0.25, -0.2) is 0 Å². The Kier molecular flexibility index (Phi) is 23.4. The van der Waals surface area contributed by atoms with Crippen LogP contribution in [0.15, 0.2) is 4.99 Å². The molecule has 0 rings (SSSR count). The van der Waals surface area contributed by atoms with E-state index in [2.05, 4.69) is 22.5 Å². The number of nitrogens with two attached hydrogens (primary N) is 4. The van der Waals surface area contributed by atoms with Crippen molar-refractivity contribution in [3.05, 3.63) is 0 Å². The summed E-state index contributed by atoms with van der Waals surface area (Å²) in [6, 6.07) is -1.58. The molecule has 0 aliphatic carbocycles. The van der Waals surface area contributed by atoms with Crippen LogP contribution in [0.3, 0.4) is 0 Å². The molecule has 38 heavy (non-hydrogen) atoms. The van der Waals surface area contributed by atoms with Gasteiger partial charge in [0.2, 0.25) is 17.7 Å². The number of nitrogens with one attached hydrogen (secondary N) is 2. The summed E-state index contributed by atoms with van der Waals surface area (Å²) < 4.78 is 0. The Labute approximate surface area is 230 Å². The van der Waals surface area contributed by atoms with Crippen LogP contribution in [0.5, 0.6) is 0 Å². The predicted molar refractivity (Wildman–Crippen MR) is 156 cm³/mol. The van der Waals surface area contributed by atoms with Gasteiger partial charge in [-0.05, 0) is 45.1 Å². The summed E-state index contributed by atoms with van der Waals surface area (Å²) in [4.78, 5) is 41.1. The number of nitrogens with zero attached hydrogens (tertiary/aromatic N) is 1. The number of hydrogen-bond acceptors (Lipinski definition) is 5. The molecule has 10 nitrogen and oxygen atoms in total. The van der Waals surface area contributed by atoms with Gasteiger partial charge in [-0.3, -0.25) is 19.4 Å². The summed E-state index contributed by atoms with van der Waals surface area (Å²) in [7, 11) is 0. The number of amides is 3. The summed E-state index contributed by atoms with van der Waals surface area (Å²) in [5.41, 5.74) is 21.7. The Balaban J connectivity index is 4.31. The first-order valence-corrected chi connectivity index (χ1v) is 15.0. The third-order valence-corrected chi connectivity index (χ3v) is 6.71. The lowest BCUT2D eigenvalue weighted by molar-refractivity contribution is -0.131. The van der Waals surface area contributed by atoms with Gasteiger partial charge in [0.25, 0.3) is 0 Å². The molecule has 0 saturated carbocycles. The molecule has 2 atom stereocenters. The zero-order chi connectivity index (χ0) is 28.4. The quantitative estimate of drug-likeness (QED) is 0.0555. The van der Waals surface area contributed by atoms with E-state index in [1.807, 2.05) is 0 Å². The maximum absolute atomic E-state index is 12.9. The molecule has 0 radical (unpaired) electrons. The van der Waals surface area contributed by atoms with Crippen LogP contribution in [0.1, 0.15) is 129 Å². The van der Waals surface area contributed by atoms with Crippen LogP contribution >= 0.6 is 0 Å². The molecule has 3 amide bonds. The fourth-order valence-electron chi connectivity index (χ4n) is 4.39. The van der Waals surface area contributed by atoms with Crippen LogP contribution in [-0.4, -0.2) is 48.9 Å². The lowest BCUT2D eigenvalue weighted by atomic mass is 10.0. The molecule has 222 valence electrons. The molecule has 0 aromatic rings. The lowest BCUT2D eigenvalue weighted by Gasteiger charge is -2.22. The van der Waals surface area contributed by atoms with Gasteiger partial charge in [-0.1, -0.05) is 84.0 Å². The molecular weight excluding hydrogens is 482 g/mol. The largest absolute Gasteiger partial charge is 0.370 e. The zero-order valence-electron chi connectivity index (χ0n) is 24.0. The predicted octanol–water partition coefficient (Wildman–Crippen LogP) is 3.11. The molecule has 0 aromatic carbocycles. The molecule has 0 aromatic heterocycles. The highest BCUT2D eigenvalue weighted by atomic mass is 16.2. The van der Waals surface area contributed by atoms with E-state index in [4.69, 9.17) is 22.9 Å². The summed E-state index contributed by atoms with van der Waals surface area (Å²) in [6.07, 6.45) is 19.2. The van der Waals surface area contributed by atoms with Crippen molar-refractivity contribution in [3.8, 4) is 0 Å². The number of rotatable bonds is 26. The van der Waals surface area contributed by atoms with Gasteiger partial charge in [-0.2, -0.15) is 0 Å². The summed E-state index contributed by atoms with van der Waals surface area (Å²) in [6.45, 7) is 3.09. The van der Waals surface area contributed by atoms with Crippen LogP contribution in [0.25, 0.3) is 0 Å².